The van der Waals surface area contributed by atoms with E-state index in [0.29, 0.717) is 44.7 Å². The van der Waals surface area contributed by atoms with Crippen molar-refractivity contribution in [2.24, 2.45) is 23.7 Å². The van der Waals surface area contributed by atoms with Crippen LogP contribution in [0.25, 0.3) is 12.2 Å². The Kier molecular flexibility index (Phi) is 11.5. The molecule has 0 aromatic heterocycles. The molecule has 1 saturated carbocycles. The molecule has 332 valence electrons. The number of allylic oxidation sites excluding steroid dienone is 2. The first-order valence-corrected chi connectivity index (χ1v) is 21.9. The molecule has 6 unspecified atom stereocenters. The molecule has 0 bridgehead atoms. The van der Waals surface area contributed by atoms with Crippen molar-refractivity contribution in [2.75, 3.05) is 38.8 Å². The molecule has 4 amide bonds. The Morgan fingerprint density at radius 2 is 1.42 bits per heavy atom. The molecule has 65 heavy (non-hydrogen) atoms. The summed E-state index contributed by atoms with van der Waals surface area (Å²) in [6.07, 6.45) is 5.95. The number of methoxy groups -OCH3 is 4. The van der Waals surface area contributed by atoms with Gasteiger partial charge in [-0.1, -0.05) is 82.9 Å². The van der Waals surface area contributed by atoms with E-state index in [1.165, 1.54) is 25.2 Å². The highest BCUT2D eigenvalue weighted by atomic mass is 35.5. The number of nitrogens with zero attached hydrogens (tertiary/aromatic N) is 2. The molecule has 2 aliphatic heterocycles. The second-order valence-electron chi connectivity index (χ2n) is 16.3. The molecule has 15 heteroatoms. The molecule has 9 rings (SSSR count). The van der Waals surface area contributed by atoms with Gasteiger partial charge < -0.3 is 24.1 Å². The van der Waals surface area contributed by atoms with Crippen molar-refractivity contribution in [3.05, 3.63) is 146 Å². The smallest absolute Gasteiger partial charge is 0.260 e. The molecule has 6 atom stereocenters. The lowest BCUT2D eigenvalue weighted by molar-refractivity contribution is -0.138. The SMILES string of the molecule is COc1ccc(C23C(=O)N(Nc4ccc(Cl)cc4Cl)C(=O)C2CC2C(=CCC4C(=O)N(c5ccc(C=Cc6cc(OC)ccc6OC)cc5)C(=O)C42)C3c2cc(Cl)c(O)c(OC)c2)cc1. The quantitative estimate of drug-likeness (QED) is 0.0747. The first-order valence-electron chi connectivity index (χ1n) is 20.7. The van der Waals surface area contributed by atoms with Crippen LogP contribution in [0, 0.1) is 23.7 Å². The normalized spacial score (nSPS) is 23.6. The third-order valence-corrected chi connectivity index (χ3v) is 14.1. The molecule has 3 fully saturated rings. The number of anilines is 2. The summed E-state index contributed by atoms with van der Waals surface area (Å²) in [5.41, 5.74) is 5.26. The summed E-state index contributed by atoms with van der Waals surface area (Å²) in [6.45, 7) is 0. The zero-order chi connectivity index (χ0) is 45.9. The number of halogens is 3. The van der Waals surface area contributed by atoms with Crippen LogP contribution >= 0.6 is 34.8 Å². The summed E-state index contributed by atoms with van der Waals surface area (Å²) >= 11 is 19.5. The average molecular weight is 935 g/mol. The lowest BCUT2D eigenvalue weighted by Gasteiger charge is -2.50. The highest BCUT2D eigenvalue weighted by Gasteiger charge is 2.70. The Morgan fingerprint density at radius 3 is 2.09 bits per heavy atom. The summed E-state index contributed by atoms with van der Waals surface area (Å²) in [5, 5.41) is 12.4. The van der Waals surface area contributed by atoms with Gasteiger partial charge in [-0.25, -0.2) is 0 Å². The summed E-state index contributed by atoms with van der Waals surface area (Å²) in [6, 6.07) is 27.4. The van der Waals surface area contributed by atoms with E-state index in [4.69, 9.17) is 53.8 Å². The van der Waals surface area contributed by atoms with Crippen molar-refractivity contribution in [1.29, 1.82) is 0 Å². The van der Waals surface area contributed by atoms with Gasteiger partial charge in [0.1, 0.15) is 17.2 Å². The number of nitrogens with one attached hydrogen (secondary N) is 1. The molecule has 5 aromatic carbocycles. The molecule has 5 aromatic rings. The van der Waals surface area contributed by atoms with Gasteiger partial charge in [-0.3, -0.25) is 29.5 Å². The maximum absolute atomic E-state index is 15.6. The first-order chi connectivity index (χ1) is 31.3. The molecule has 2 saturated heterocycles. The molecule has 2 N–H and O–H groups in total. The average Bonchev–Trinajstić information content (AvgIpc) is 3.70. The van der Waals surface area contributed by atoms with Crippen molar-refractivity contribution in [2.45, 2.75) is 24.2 Å². The minimum Gasteiger partial charge on any atom is -0.503 e. The first kappa shape index (κ1) is 43.8. The largest absolute Gasteiger partial charge is 0.503 e. The molecular weight excluding hydrogens is 893 g/mol. The standard InChI is InChI=1S/C50H42Cl3N3O9/c1-62-32-14-9-29(10-15-32)50-37(47(59)56(49(50)61)54-40-19-11-30(51)24-38(40)52)25-36-34(44(50)28-22-39(53)45(57)42(23-28)65-4)17-18-35-43(36)48(60)55(46(35)58)31-12-6-26(7-13-31)5-8-27-21-33(63-2)16-20-41(27)64-3/h5-17,19-24,35-37,43-44,54,57H,18,25H2,1-4H3. The molecule has 2 heterocycles. The Balaban J connectivity index is 1.14. The van der Waals surface area contributed by atoms with Crippen LogP contribution in [0.5, 0.6) is 28.7 Å². The fraction of sp³-hybridized carbons (Fsp3) is 0.240. The number of hydrazine groups is 1. The van der Waals surface area contributed by atoms with Gasteiger partial charge in [0.2, 0.25) is 11.8 Å². The second kappa shape index (κ2) is 17.2. The molecule has 0 radical (unpaired) electrons. The number of ether oxygens (including phenoxy) is 4. The van der Waals surface area contributed by atoms with Gasteiger partial charge in [0.15, 0.2) is 11.5 Å². The van der Waals surface area contributed by atoms with Crippen molar-refractivity contribution in [3.8, 4) is 28.7 Å². The number of fused-ring (bicyclic) bond motifs is 4. The number of phenolic OH excluding ortho intramolecular Hbond substituents is 1. The fourth-order valence-corrected chi connectivity index (χ4v) is 10.9. The number of amides is 4. The zero-order valence-corrected chi connectivity index (χ0v) is 37.8. The lowest BCUT2D eigenvalue weighted by atomic mass is 9.49. The van der Waals surface area contributed by atoms with Crippen molar-refractivity contribution < 1.29 is 43.2 Å². The van der Waals surface area contributed by atoms with Crippen LogP contribution in [0.4, 0.5) is 11.4 Å². The third kappa shape index (κ3) is 7.15. The molecule has 2 aliphatic carbocycles. The van der Waals surface area contributed by atoms with Gasteiger partial charge in [-0.15, -0.1) is 0 Å². The van der Waals surface area contributed by atoms with Crippen molar-refractivity contribution in [1.82, 2.24) is 5.01 Å². The van der Waals surface area contributed by atoms with Gasteiger partial charge in [-0.2, -0.15) is 5.01 Å². The van der Waals surface area contributed by atoms with E-state index in [0.717, 1.165) is 16.1 Å². The Labute approximate surface area is 389 Å². The zero-order valence-electron chi connectivity index (χ0n) is 35.5. The van der Waals surface area contributed by atoms with E-state index in [1.807, 2.05) is 48.6 Å². The summed E-state index contributed by atoms with van der Waals surface area (Å²) in [4.78, 5) is 61.4. The number of phenols is 1. The number of aromatic hydroxyl groups is 1. The van der Waals surface area contributed by atoms with E-state index < -0.39 is 52.7 Å². The molecular formula is C50H42Cl3N3O9. The van der Waals surface area contributed by atoms with E-state index in [2.05, 4.69) is 5.43 Å². The monoisotopic (exact) mass is 933 g/mol. The highest BCUT2D eigenvalue weighted by Crippen LogP contribution is 2.65. The summed E-state index contributed by atoms with van der Waals surface area (Å²) in [5.74, 6) is -4.63. The van der Waals surface area contributed by atoms with Crippen molar-refractivity contribution >= 4 is 82.0 Å². The minimum absolute atomic E-state index is 0.0416. The summed E-state index contributed by atoms with van der Waals surface area (Å²) < 4.78 is 22.0. The van der Waals surface area contributed by atoms with Crippen LogP contribution in [0.2, 0.25) is 15.1 Å². The lowest BCUT2D eigenvalue weighted by Crippen LogP contribution is -2.53. The number of hydrogen-bond donors (Lipinski definition) is 2. The Bertz CT molecular complexity index is 2830. The number of rotatable bonds is 11. The Hall–Kier alpha value is -6.47. The number of hydrogen-bond acceptors (Lipinski definition) is 10. The van der Waals surface area contributed by atoms with Gasteiger partial charge >= 0.3 is 0 Å². The van der Waals surface area contributed by atoms with Gasteiger partial charge in [0.25, 0.3) is 11.8 Å². The molecule has 12 nitrogen and oxygen atoms in total. The highest BCUT2D eigenvalue weighted by molar-refractivity contribution is 6.36. The van der Waals surface area contributed by atoms with Gasteiger partial charge in [-0.05, 0) is 108 Å². The van der Waals surface area contributed by atoms with Crippen LogP contribution in [0.3, 0.4) is 0 Å². The molecule has 0 spiro atoms. The van der Waals surface area contributed by atoms with Gasteiger partial charge in [0.05, 0.1) is 73.0 Å². The topological polar surface area (TPSA) is 144 Å². The van der Waals surface area contributed by atoms with Crippen LogP contribution in [0.1, 0.15) is 41.0 Å². The number of benzene rings is 5. The predicted octanol–water partition coefficient (Wildman–Crippen LogP) is 9.75. The fourth-order valence-electron chi connectivity index (χ4n) is 10.3. The van der Waals surface area contributed by atoms with Crippen molar-refractivity contribution in [3.63, 3.8) is 0 Å². The summed E-state index contributed by atoms with van der Waals surface area (Å²) in [7, 11) is 6.10. The van der Waals surface area contributed by atoms with Gasteiger partial charge in [0, 0.05) is 16.5 Å². The van der Waals surface area contributed by atoms with Crippen LogP contribution in [0.15, 0.2) is 109 Å². The second-order valence-corrected chi connectivity index (χ2v) is 17.6. The Morgan fingerprint density at radius 1 is 0.708 bits per heavy atom. The number of imide groups is 2. The third-order valence-electron chi connectivity index (χ3n) is 13.2. The van der Waals surface area contributed by atoms with Crippen LogP contribution < -0.4 is 29.3 Å². The maximum Gasteiger partial charge on any atom is 0.260 e. The maximum atomic E-state index is 15.6. The van der Waals surface area contributed by atoms with E-state index in [9.17, 15) is 14.7 Å². The van der Waals surface area contributed by atoms with E-state index >= 15 is 9.59 Å². The predicted molar refractivity (Wildman–Crippen MR) is 248 cm³/mol. The number of carbonyl (C=O) groups is 4. The molecule has 4 aliphatic rings. The van der Waals surface area contributed by atoms with Crippen LogP contribution in [-0.4, -0.2) is 62.2 Å². The number of carbonyl (C=O) groups excluding carboxylic acids is 4. The minimum atomic E-state index is -1.65. The van der Waals surface area contributed by atoms with Crippen LogP contribution in [-0.2, 0) is 24.6 Å². The van der Waals surface area contributed by atoms with E-state index in [-0.39, 0.29) is 46.0 Å². The van der Waals surface area contributed by atoms with E-state index in [1.54, 1.807) is 74.9 Å².